The minimum Gasteiger partial charge on any atom is -0.488 e. The van der Waals surface area contributed by atoms with E-state index in [4.69, 9.17) is 14.6 Å². The van der Waals surface area contributed by atoms with Crippen LogP contribution in [0.25, 0.3) is 0 Å². The van der Waals surface area contributed by atoms with E-state index < -0.39 is 18.4 Å². The molecule has 3 aliphatic heterocycles. The number of alkyl halides is 1. The number of likely N-dealkylation sites (tertiary alicyclic amines) is 1. The molecular formula is C29H39ClFN3O5. The zero-order valence-corrected chi connectivity index (χ0v) is 23.2. The summed E-state index contributed by atoms with van der Waals surface area (Å²) in [5.74, 6) is 0.684. The van der Waals surface area contributed by atoms with E-state index >= 15 is 0 Å². The molecule has 2 aromatic rings. The number of aliphatic hydroxyl groups is 2. The summed E-state index contributed by atoms with van der Waals surface area (Å²) < 4.78 is 26.7. The van der Waals surface area contributed by atoms with E-state index in [1.165, 1.54) is 11.1 Å². The van der Waals surface area contributed by atoms with Crippen LogP contribution in [0.4, 0.5) is 4.39 Å². The van der Waals surface area contributed by atoms with E-state index in [1.54, 1.807) is 23.1 Å². The lowest BCUT2D eigenvalue weighted by atomic mass is 10.00. The van der Waals surface area contributed by atoms with Gasteiger partial charge in [0.15, 0.2) is 0 Å². The maximum atomic E-state index is 14.7. The number of amides is 1. The minimum absolute atomic E-state index is 0. The Balaban J connectivity index is 0.00000353. The molecule has 0 radical (unpaired) electrons. The maximum Gasteiger partial charge on any atom is 0.257 e. The standard InChI is InChI=1S/C29H38FN3O5.ClH/c1-20-15-33(18-23(35)17-32-10-8-21-4-2-3-5-22(21)16-32)29(36)25-7-6-24(14-28(25)37-20)38-27-9-11-31(12-13-34)19-26(27)30;/h2-7,14,20,23,26-27,34-35H,8-13,15-19H2,1H3;1H/t20?,23?,26-,27-;/m1./s1. The summed E-state index contributed by atoms with van der Waals surface area (Å²) in [4.78, 5) is 19.2. The number of halogens is 2. The molecule has 0 saturated carbocycles. The molecule has 10 heteroatoms. The fourth-order valence-electron chi connectivity index (χ4n) is 5.74. The molecule has 2 unspecified atom stereocenters. The Morgan fingerprint density at radius 1 is 1.10 bits per heavy atom. The number of nitrogens with zero attached hydrogens (tertiary/aromatic N) is 3. The van der Waals surface area contributed by atoms with Crippen LogP contribution in [0.5, 0.6) is 11.5 Å². The Morgan fingerprint density at radius 2 is 1.90 bits per heavy atom. The molecule has 3 heterocycles. The quantitative estimate of drug-likeness (QED) is 0.510. The first-order valence-corrected chi connectivity index (χ1v) is 13.6. The zero-order valence-electron chi connectivity index (χ0n) is 22.4. The highest BCUT2D eigenvalue weighted by atomic mass is 35.5. The Labute approximate surface area is 235 Å². The van der Waals surface area contributed by atoms with Gasteiger partial charge in [0, 0.05) is 51.9 Å². The van der Waals surface area contributed by atoms with Gasteiger partial charge in [0.05, 0.1) is 24.8 Å². The predicted molar refractivity (Wildman–Crippen MR) is 149 cm³/mol. The van der Waals surface area contributed by atoms with Crippen LogP contribution in [-0.4, -0.2) is 108 Å². The van der Waals surface area contributed by atoms with Gasteiger partial charge in [0.2, 0.25) is 0 Å². The fraction of sp³-hybridized carbons (Fsp3) is 0.552. The monoisotopic (exact) mass is 563 g/mol. The number of hydrogen-bond acceptors (Lipinski definition) is 7. The number of β-amino-alcohol motifs (C(OH)–C–C–N with tert-alkyl or cyclic N) is 2. The van der Waals surface area contributed by atoms with Gasteiger partial charge in [0.1, 0.15) is 29.9 Å². The smallest absolute Gasteiger partial charge is 0.257 e. The van der Waals surface area contributed by atoms with Gasteiger partial charge >= 0.3 is 0 Å². The first-order valence-electron chi connectivity index (χ1n) is 13.6. The third-order valence-electron chi connectivity index (χ3n) is 7.66. The van der Waals surface area contributed by atoms with Gasteiger partial charge in [-0.25, -0.2) is 4.39 Å². The normalized spacial score (nSPS) is 24.6. The molecule has 5 rings (SSSR count). The average molecular weight is 564 g/mol. The number of benzene rings is 2. The summed E-state index contributed by atoms with van der Waals surface area (Å²) >= 11 is 0. The van der Waals surface area contributed by atoms with Crippen LogP contribution in [-0.2, 0) is 13.0 Å². The van der Waals surface area contributed by atoms with Crippen molar-refractivity contribution in [2.45, 2.75) is 50.8 Å². The van der Waals surface area contributed by atoms with Crippen LogP contribution in [0.15, 0.2) is 42.5 Å². The molecule has 2 aromatic carbocycles. The first kappa shape index (κ1) is 29.6. The number of carbonyl (C=O) groups is 1. The SMILES string of the molecule is CC1CN(CC(O)CN2CCc3ccccc3C2)C(=O)c2ccc(O[C@@H]3CCN(CCO)C[C@H]3F)cc2O1.Cl. The lowest BCUT2D eigenvalue weighted by Crippen LogP contribution is -2.47. The van der Waals surface area contributed by atoms with Crippen molar-refractivity contribution >= 4 is 18.3 Å². The highest BCUT2D eigenvalue weighted by Gasteiger charge is 2.32. The Morgan fingerprint density at radius 3 is 2.67 bits per heavy atom. The summed E-state index contributed by atoms with van der Waals surface area (Å²) in [5, 5.41) is 20.0. The molecule has 8 nitrogen and oxygen atoms in total. The molecule has 1 fully saturated rings. The summed E-state index contributed by atoms with van der Waals surface area (Å²) in [6.45, 7) is 6.00. The highest BCUT2D eigenvalue weighted by Crippen LogP contribution is 2.31. The molecule has 2 N–H and O–H groups in total. The van der Waals surface area contributed by atoms with Gasteiger partial charge < -0.3 is 24.6 Å². The van der Waals surface area contributed by atoms with Gasteiger partial charge in [-0.05, 0) is 43.0 Å². The van der Waals surface area contributed by atoms with Gasteiger partial charge in [0.25, 0.3) is 5.91 Å². The van der Waals surface area contributed by atoms with E-state index in [0.717, 1.165) is 19.5 Å². The Bertz CT molecular complexity index is 1120. The largest absolute Gasteiger partial charge is 0.488 e. The molecule has 4 atom stereocenters. The molecule has 1 amide bonds. The summed E-state index contributed by atoms with van der Waals surface area (Å²) in [6, 6.07) is 13.4. The third-order valence-corrected chi connectivity index (χ3v) is 7.66. The number of fused-ring (bicyclic) bond motifs is 2. The number of ether oxygens (including phenoxy) is 2. The van der Waals surface area contributed by atoms with Crippen molar-refractivity contribution in [2.75, 3.05) is 52.4 Å². The average Bonchev–Trinajstić information content (AvgIpc) is 3.00. The lowest BCUT2D eigenvalue weighted by Gasteiger charge is -2.34. The minimum atomic E-state index is -1.17. The third kappa shape index (κ3) is 7.21. The number of piperidine rings is 1. The summed E-state index contributed by atoms with van der Waals surface area (Å²) in [7, 11) is 0. The van der Waals surface area contributed by atoms with E-state index in [-0.39, 0.29) is 44.1 Å². The van der Waals surface area contributed by atoms with Crippen molar-refractivity contribution in [3.8, 4) is 11.5 Å². The molecule has 1 saturated heterocycles. The van der Waals surface area contributed by atoms with Gasteiger partial charge in [-0.2, -0.15) is 0 Å². The molecular weight excluding hydrogens is 525 g/mol. The molecule has 0 aromatic heterocycles. The Kier molecular flexibility index (Phi) is 10.1. The molecule has 214 valence electrons. The lowest BCUT2D eigenvalue weighted by molar-refractivity contribution is 0.0166. The van der Waals surface area contributed by atoms with Crippen molar-refractivity contribution in [1.29, 1.82) is 0 Å². The summed E-state index contributed by atoms with van der Waals surface area (Å²) in [5.41, 5.74) is 3.07. The highest BCUT2D eigenvalue weighted by molar-refractivity contribution is 5.97. The van der Waals surface area contributed by atoms with Crippen LogP contribution >= 0.6 is 12.4 Å². The number of carbonyl (C=O) groups excluding carboxylic acids is 1. The van der Waals surface area contributed by atoms with Crippen LogP contribution < -0.4 is 9.47 Å². The molecule has 3 aliphatic rings. The number of aliphatic hydroxyl groups excluding tert-OH is 2. The van der Waals surface area contributed by atoms with E-state index in [1.807, 2.05) is 17.9 Å². The van der Waals surface area contributed by atoms with Gasteiger partial charge in [-0.1, -0.05) is 24.3 Å². The van der Waals surface area contributed by atoms with Crippen LogP contribution in [0, 0.1) is 0 Å². The number of rotatable bonds is 8. The van der Waals surface area contributed by atoms with Gasteiger partial charge in [-0.3, -0.25) is 14.6 Å². The predicted octanol–water partition coefficient (Wildman–Crippen LogP) is 2.53. The van der Waals surface area contributed by atoms with E-state index in [9.17, 15) is 14.3 Å². The topological polar surface area (TPSA) is 85.7 Å². The second-order valence-electron chi connectivity index (χ2n) is 10.7. The maximum absolute atomic E-state index is 14.7. The first-order chi connectivity index (χ1) is 18.4. The Hall–Kier alpha value is -2.43. The van der Waals surface area contributed by atoms with E-state index in [2.05, 4.69) is 23.1 Å². The molecule has 0 spiro atoms. The van der Waals surface area contributed by atoms with Gasteiger partial charge in [-0.15, -0.1) is 12.4 Å². The second kappa shape index (κ2) is 13.3. The van der Waals surface area contributed by atoms with E-state index in [0.29, 0.717) is 49.7 Å². The molecule has 39 heavy (non-hydrogen) atoms. The second-order valence-corrected chi connectivity index (χ2v) is 10.7. The van der Waals surface area contributed by atoms with Crippen molar-refractivity contribution in [2.24, 2.45) is 0 Å². The van der Waals surface area contributed by atoms with Crippen LogP contribution in [0.2, 0.25) is 0 Å². The fourth-order valence-corrected chi connectivity index (χ4v) is 5.74. The van der Waals surface area contributed by atoms with Crippen molar-refractivity contribution in [3.63, 3.8) is 0 Å². The summed E-state index contributed by atoms with van der Waals surface area (Å²) in [6.07, 6.45) is -1.24. The molecule has 0 aliphatic carbocycles. The zero-order chi connectivity index (χ0) is 26.6. The molecule has 0 bridgehead atoms. The van der Waals surface area contributed by atoms with Crippen molar-refractivity contribution in [3.05, 3.63) is 59.2 Å². The number of hydrogen-bond donors (Lipinski definition) is 2. The van der Waals surface area contributed by atoms with Crippen molar-refractivity contribution < 1.29 is 28.9 Å². The van der Waals surface area contributed by atoms with Crippen LogP contribution in [0.3, 0.4) is 0 Å². The van der Waals surface area contributed by atoms with Crippen molar-refractivity contribution in [1.82, 2.24) is 14.7 Å². The van der Waals surface area contributed by atoms with Crippen LogP contribution in [0.1, 0.15) is 34.8 Å².